The van der Waals surface area contributed by atoms with Crippen molar-refractivity contribution in [3.63, 3.8) is 0 Å². The Morgan fingerprint density at radius 1 is 0.886 bits per heavy atom. The predicted octanol–water partition coefficient (Wildman–Crippen LogP) is 7.86. The molecule has 0 aromatic heterocycles. The summed E-state index contributed by atoms with van der Waals surface area (Å²) >= 11 is 5.50. The molecule has 1 heterocycles. The summed E-state index contributed by atoms with van der Waals surface area (Å²) in [5.74, 6) is 0.521. The minimum absolute atomic E-state index is 0.249. The monoisotopic (exact) mass is 703 g/mol. The fourth-order valence-corrected chi connectivity index (χ4v) is 5.75. The van der Waals surface area contributed by atoms with Crippen LogP contribution in [0.1, 0.15) is 16.7 Å². The van der Waals surface area contributed by atoms with Crippen LogP contribution in [0.4, 0.5) is 4.79 Å². The van der Waals surface area contributed by atoms with Gasteiger partial charge in [-0.1, -0.05) is 60.7 Å². The number of carbonyl (C=O) groups excluding carboxylic acids is 2. The van der Waals surface area contributed by atoms with E-state index in [1.807, 2.05) is 60.7 Å². The van der Waals surface area contributed by atoms with E-state index >= 15 is 0 Å². The molecule has 1 aliphatic heterocycles. The van der Waals surface area contributed by atoms with Gasteiger partial charge in [-0.05, 0) is 115 Å². The van der Waals surface area contributed by atoms with E-state index in [0.717, 1.165) is 48.5 Å². The molecule has 0 spiro atoms. The molecule has 5 rings (SSSR count). The normalized spacial score (nSPS) is 14.8. The summed E-state index contributed by atoms with van der Waals surface area (Å²) in [5, 5.41) is 1.89. The summed E-state index contributed by atoms with van der Waals surface area (Å²) in [4.78, 5) is 27.5. The molecule has 174 valence electrons. The smallest absolute Gasteiger partial charge is 0.293 e. The Bertz CT molecular complexity index is 1460. The quantitative estimate of drug-likeness (QED) is 0.152. The van der Waals surface area contributed by atoms with Crippen molar-refractivity contribution in [2.24, 2.45) is 0 Å². The average molecular weight is 703 g/mol. The van der Waals surface area contributed by atoms with Gasteiger partial charge in [-0.25, -0.2) is 0 Å². The van der Waals surface area contributed by atoms with Crippen LogP contribution in [0.5, 0.6) is 5.75 Å². The molecule has 0 bridgehead atoms. The van der Waals surface area contributed by atoms with Gasteiger partial charge < -0.3 is 4.74 Å². The number of benzene rings is 4. The van der Waals surface area contributed by atoms with Gasteiger partial charge in [0.1, 0.15) is 12.4 Å². The first-order valence-corrected chi connectivity index (χ1v) is 13.8. The highest BCUT2D eigenvalue weighted by molar-refractivity contribution is 14.1. The summed E-state index contributed by atoms with van der Waals surface area (Å²) in [6.45, 7) is 0.742. The van der Waals surface area contributed by atoms with Crippen LogP contribution >= 0.6 is 56.9 Å². The van der Waals surface area contributed by atoms with Crippen LogP contribution in [0, 0.1) is 7.14 Å². The van der Waals surface area contributed by atoms with E-state index in [4.69, 9.17) is 4.74 Å². The van der Waals surface area contributed by atoms with E-state index in [0.29, 0.717) is 11.5 Å². The highest BCUT2D eigenvalue weighted by Crippen LogP contribution is 2.35. The van der Waals surface area contributed by atoms with Crippen molar-refractivity contribution in [3.05, 3.63) is 114 Å². The number of thioether (sulfide) groups is 1. The minimum atomic E-state index is -0.262. The Balaban J connectivity index is 1.30. The van der Waals surface area contributed by atoms with Crippen LogP contribution < -0.4 is 4.74 Å². The third-order valence-corrected chi connectivity index (χ3v) is 8.11. The fourth-order valence-electron chi connectivity index (χ4n) is 3.85. The van der Waals surface area contributed by atoms with Crippen molar-refractivity contribution in [3.8, 4) is 5.75 Å². The van der Waals surface area contributed by atoms with Crippen molar-refractivity contribution in [2.45, 2.75) is 13.2 Å². The number of imide groups is 1. The lowest BCUT2D eigenvalue weighted by Gasteiger charge is -2.14. The lowest BCUT2D eigenvalue weighted by Crippen LogP contribution is -2.27. The first-order chi connectivity index (χ1) is 17.0. The number of carbonyl (C=O) groups is 2. The van der Waals surface area contributed by atoms with Gasteiger partial charge in [0.25, 0.3) is 11.1 Å². The maximum atomic E-state index is 13.1. The Morgan fingerprint density at radius 3 is 2.46 bits per heavy atom. The summed E-state index contributed by atoms with van der Waals surface area (Å²) in [6, 6.07) is 27.9. The Kier molecular flexibility index (Phi) is 7.45. The molecular formula is C28H19I2NO3S. The molecule has 1 fully saturated rings. The van der Waals surface area contributed by atoms with E-state index in [2.05, 4.69) is 69.4 Å². The van der Waals surface area contributed by atoms with Gasteiger partial charge in [-0.3, -0.25) is 14.5 Å². The molecule has 0 saturated carbocycles. The molecule has 0 N–H and O–H groups in total. The van der Waals surface area contributed by atoms with Crippen molar-refractivity contribution >= 4 is 84.9 Å². The number of amides is 2. The second kappa shape index (κ2) is 10.7. The van der Waals surface area contributed by atoms with Crippen molar-refractivity contribution in [1.29, 1.82) is 0 Å². The number of hydrogen-bond donors (Lipinski definition) is 0. The van der Waals surface area contributed by atoms with Gasteiger partial charge in [0.2, 0.25) is 0 Å². The van der Waals surface area contributed by atoms with E-state index in [1.54, 1.807) is 6.08 Å². The Morgan fingerprint density at radius 2 is 1.66 bits per heavy atom. The number of nitrogens with zero attached hydrogens (tertiary/aromatic N) is 1. The summed E-state index contributed by atoms with van der Waals surface area (Å²) < 4.78 is 8.11. The van der Waals surface area contributed by atoms with Crippen LogP contribution in [-0.4, -0.2) is 16.0 Å². The third kappa shape index (κ3) is 5.57. The first-order valence-electron chi connectivity index (χ1n) is 10.9. The second-order valence-corrected chi connectivity index (χ2v) is 11.4. The first kappa shape index (κ1) is 24.3. The molecule has 7 heteroatoms. The fraction of sp³-hybridized carbons (Fsp3) is 0.0714. The molecule has 1 aliphatic rings. The maximum Gasteiger partial charge on any atom is 0.293 e. The van der Waals surface area contributed by atoms with Crippen molar-refractivity contribution in [1.82, 2.24) is 4.90 Å². The SMILES string of the molecule is O=C1S/C(=C/c2ccc(OCc3ccc(I)cc3)c(I)c2)C(=O)N1Cc1cccc2ccccc12. The molecule has 0 aliphatic carbocycles. The molecule has 0 atom stereocenters. The standard InChI is InChI=1S/C28H19I2NO3S/c29-22-11-8-18(9-12-22)17-34-25-13-10-19(14-24(25)30)15-26-27(32)31(28(33)35-26)16-21-6-3-5-20-4-1-2-7-23(20)21/h1-15H,16-17H2/b26-15+. The molecule has 2 amide bonds. The van der Waals surface area contributed by atoms with E-state index in [1.165, 1.54) is 8.47 Å². The van der Waals surface area contributed by atoms with Gasteiger partial charge in [0.15, 0.2) is 0 Å². The van der Waals surface area contributed by atoms with Crippen molar-refractivity contribution < 1.29 is 14.3 Å². The van der Waals surface area contributed by atoms with Crippen LogP contribution in [0.25, 0.3) is 16.8 Å². The molecule has 4 nitrogen and oxygen atoms in total. The Hall–Kier alpha value is -2.37. The van der Waals surface area contributed by atoms with Crippen LogP contribution in [-0.2, 0) is 17.9 Å². The van der Waals surface area contributed by atoms with Gasteiger partial charge in [-0.15, -0.1) is 0 Å². The highest BCUT2D eigenvalue weighted by atomic mass is 127. The summed E-state index contributed by atoms with van der Waals surface area (Å²) in [6.07, 6.45) is 1.78. The Labute approximate surface area is 235 Å². The van der Waals surface area contributed by atoms with Crippen LogP contribution in [0.15, 0.2) is 89.8 Å². The molecule has 4 aromatic carbocycles. The minimum Gasteiger partial charge on any atom is -0.488 e. The van der Waals surface area contributed by atoms with Crippen molar-refractivity contribution in [2.75, 3.05) is 0 Å². The third-order valence-electron chi connectivity index (χ3n) is 5.64. The van der Waals surface area contributed by atoms with Crippen LogP contribution in [0.2, 0.25) is 0 Å². The summed E-state index contributed by atoms with van der Waals surface area (Å²) in [7, 11) is 0. The van der Waals surface area contributed by atoms with Gasteiger partial charge in [0, 0.05) is 3.57 Å². The van der Waals surface area contributed by atoms with E-state index in [9.17, 15) is 9.59 Å². The highest BCUT2D eigenvalue weighted by Gasteiger charge is 2.35. The van der Waals surface area contributed by atoms with Crippen LogP contribution in [0.3, 0.4) is 0 Å². The number of rotatable bonds is 6. The predicted molar refractivity (Wildman–Crippen MR) is 158 cm³/mol. The van der Waals surface area contributed by atoms with E-state index < -0.39 is 0 Å². The molecule has 0 radical (unpaired) electrons. The van der Waals surface area contributed by atoms with Gasteiger partial charge in [-0.2, -0.15) is 0 Å². The lowest BCUT2D eigenvalue weighted by atomic mass is 10.0. The zero-order valence-electron chi connectivity index (χ0n) is 18.4. The molecule has 0 unspecified atom stereocenters. The summed E-state index contributed by atoms with van der Waals surface area (Å²) in [5.41, 5.74) is 2.91. The second-order valence-electron chi connectivity index (χ2n) is 8.01. The number of fused-ring (bicyclic) bond motifs is 1. The molecular weight excluding hydrogens is 684 g/mol. The molecule has 4 aromatic rings. The topological polar surface area (TPSA) is 46.6 Å². The zero-order chi connectivity index (χ0) is 24.4. The van der Waals surface area contributed by atoms with Gasteiger partial charge >= 0.3 is 0 Å². The molecule has 1 saturated heterocycles. The van der Waals surface area contributed by atoms with E-state index in [-0.39, 0.29) is 17.7 Å². The maximum absolute atomic E-state index is 13.1. The average Bonchev–Trinajstić information content (AvgIpc) is 3.12. The number of halogens is 2. The number of hydrogen-bond acceptors (Lipinski definition) is 4. The zero-order valence-corrected chi connectivity index (χ0v) is 23.5. The van der Waals surface area contributed by atoms with Gasteiger partial charge in [0.05, 0.1) is 15.0 Å². The number of ether oxygens (including phenoxy) is 1. The molecule has 35 heavy (non-hydrogen) atoms. The largest absolute Gasteiger partial charge is 0.488 e. The lowest BCUT2D eigenvalue weighted by molar-refractivity contribution is -0.123.